The summed E-state index contributed by atoms with van der Waals surface area (Å²) in [5.41, 5.74) is 4.31. The van der Waals surface area contributed by atoms with Gasteiger partial charge < -0.3 is 47.4 Å². The van der Waals surface area contributed by atoms with Gasteiger partial charge in [0.15, 0.2) is 23.1 Å². The van der Waals surface area contributed by atoms with Crippen molar-refractivity contribution in [3.63, 3.8) is 0 Å². The van der Waals surface area contributed by atoms with Crippen molar-refractivity contribution in [1.29, 1.82) is 0 Å². The zero-order valence-electron chi connectivity index (χ0n) is 57.1. The van der Waals surface area contributed by atoms with Gasteiger partial charge >= 0.3 is 35.8 Å². The summed E-state index contributed by atoms with van der Waals surface area (Å²) in [6.07, 6.45) is 8.72. The van der Waals surface area contributed by atoms with Gasteiger partial charge in [0.2, 0.25) is 5.78 Å². The number of esters is 6. The first-order valence-corrected chi connectivity index (χ1v) is 33.6. The molecule has 21 nitrogen and oxygen atoms in total. The van der Waals surface area contributed by atoms with Crippen LogP contribution < -0.4 is 18.9 Å². The van der Waals surface area contributed by atoms with Crippen LogP contribution in [0.1, 0.15) is 244 Å². The van der Waals surface area contributed by atoms with Crippen molar-refractivity contribution < 1.29 is 100 Å². The molecule has 96 heavy (non-hydrogen) atoms. The van der Waals surface area contributed by atoms with Crippen LogP contribution in [0.15, 0.2) is 60.7 Å². The molecule has 4 aromatic carbocycles. The second kappa shape index (κ2) is 41.1. The normalized spacial score (nSPS) is 11.5. The van der Waals surface area contributed by atoms with Crippen molar-refractivity contribution in [2.45, 2.75) is 184 Å². The smallest absolute Gasteiger partial charge is 0.417 e. The number of ketones is 5. The molecule has 8 bridgehead atoms. The third-order valence-electron chi connectivity index (χ3n) is 15.6. The Labute approximate surface area is 562 Å². The topological polar surface area (TPSA) is 280 Å². The number of hydrogen-bond acceptors (Lipinski definition) is 21. The average Bonchev–Trinajstić information content (AvgIpc) is 0.774. The number of unbranched alkanes of at least 4 members (excludes halogenated alkanes) is 8. The molecule has 520 valence electrons. The highest BCUT2D eigenvalue weighted by Crippen LogP contribution is 2.42. The van der Waals surface area contributed by atoms with Crippen molar-refractivity contribution in [2.24, 2.45) is 0 Å². The molecule has 5 rings (SSSR count). The number of fused-ring (bicyclic) bond motifs is 8. The molecule has 0 N–H and O–H groups in total. The third kappa shape index (κ3) is 24.3. The predicted octanol–water partition coefficient (Wildman–Crippen LogP) is 12.4. The van der Waals surface area contributed by atoms with Crippen LogP contribution >= 0.6 is 0 Å². The number of ether oxygens (including phenoxy) is 10. The van der Waals surface area contributed by atoms with Crippen molar-refractivity contribution in [1.82, 2.24) is 0 Å². The van der Waals surface area contributed by atoms with Crippen LogP contribution in [0.5, 0.6) is 23.0 Å². The van der Waals surface area contributed by atoms with Gasteiger partial charge in [-0.3, -0.25) is 24.0 Å². The fraction of sp³-hybridized carbons (Fsp3) is 0.507. The van der Waals surface area contributed by atoms with Crippen molar-refractivity contribution in [2.75, 3.05) is 66.1 Å². The maximum absolute atomic E-state index is 14.8. The SMILES string of the molecule is C=C(C)C(=O)OCCOc1c2cc(C(=O)CCCCC)cc1Cc1cc(C(=O)CCCCC)cc(c1OCCOC(=O)C(=O)OCC)Cc1cc(C(=O)CCCCC)cc(c1OCCOC(=O)C(C)=O)Cc1cc(C(=O)CCCCC)cc(c1OCCOC(=O)C(=O)OCC)C2. The molecule has 0 radical (unpaired) electrons. The van der Waals surface area contributed by atoms with E-state index in [0.717, 1.165) is 58.3 Å². The molecule has 0 saturated heterocycles. The first-order chi connectivity index (χ1) is 46.2. The lowest BCUT2D eigenvalue weighted by atomic mass is 9.86. The van der Waals surface area contributed by atoms with E-state index in [-0.39, 0.29) is 166 Å². The Kier molecular flexibility index (Phi) is 33.2. The van der Waals surface area contributed by atoms with Crippen LogP contribution in [0.3, 0.4) is 0 Å². The Hall–Kier alpha value is -9.01. The number of hydrogen-bond donors (Lipinski definition) is 0. The fourth-order valence-electron chi connectivity index (χ4n) is 10.8. The molecule has 0 aromatic heterocycles. The highest BCUT2D eigenvalue weighted by atomic mass is 16.6. The van der Waals surface area contributed by atoms with E-state index in [9.17, 15) is 52.7 Å². The van der Waals surface area contributed by atoms with Gasteiger partial charge in [0.05, 0.1) is 13.2 Å². The van der Waals surface area contributed by atoms with Crippen LogP contribution in [0, 0.1) is 0 Å². The summed E-state index contributed by atoms with van der Waals surface area (Å²) in [6.45, 7) is 14.5. The molecule has 0 aliphatic heterocycles. The van der Waals surface area contributed by atoms with Crippen molar-refractivity contribution in [3.05, 3.63) is 127 Å². The standard InChI is InChI=1S/C75H94O21/c1-10-16-20-24-62(77)50-36-54-44-58-40-52(64(79)26-22-18-12-3)42-60(68(58)91-30-34-95-74(85)72(83)87-14-5)46-56-38-51(63(78)25-21-17-11-2)39-57(67(56)90-29-33-94-71(82)49(9)76)47-61-43-53(65(80)27-23-19-13-4)41-59(69(61)92-31-35-96-75(86)73(84)88-15-6)45-55(37-50)66(54)89-28-32-93-70(81)48(7)8/h36-43H,7,10-35,44-47H2,1-6,8-9H3. The minimum Gasteiger partial charge on any atom is -0.489 e. The van der Waals surface area contributed by atoms with E-state index in [4.69, 9.17) is 47.4 Å². The van der Waals surface area contributed by atoms with Crippen LogP contribution in [0.2, 0.25) is 0 Å². The van der Waals surface area contributed by atoms with Crippen molar-refractivity contribution >= 4 is 64.7 Å². The predicted molar refractivity (Wildman–Crippen MR) is 355 cm³/mol. The van der Waals surface area contributed by atoms with Gasteiger partial charge in [-0.25, -0.2) is 28.8 Å². The molecule has 1 aliphatic rings. The molecule has 1 aliphatic carbocycles. The molecular formula is C75H94O21. The third-order valence-corrected chi connectivity index (χ3v) is 15.6. The van der Waals surface area contributed by atoms with E-state index in [1.165, 1.54) is 20.8 Å². The van der Waals surface area contributed by atoms with E-state index in [1.54, 1.807) is 48.5 Å². The number of carbonyl (C=O) groups excluding carboxylic acids is 11. The van der Waals surface area contributed by atoms with Gasteiger partial charge in [0, 0.05) is 86.1 Å². The highest BCUT2D eigenvalue weighted by Gasteiger charge is 2.29. The number of benzene rings is 4. The van der Waals surface area contributed by atoms with E-state index < -0.39 is 61.4 Å². The molecular weight excluding hydrogens is 1240 g/mol. The number of rotatable bonds is 40. The van der Waals surface area contributed by atoms with E-state index in [1.807, 2.05) is 27.7 Å². The van der Waals surface area contributed by atoms with Crippen LogP contribution in [-0.2, 0) is 87.7 Å². The Morgan fingerprint density at radius 3 is 0.729 bits per heavy atom. The summed E-state index contributed by atoms with van der Waals surface area (Å²) in [7, 11) is 0. The molecule has 0 unspecified atom stereocenters. The molecule has 0 amide bonds. The molecule has 0 heterocycles. The quantitative estimate of drug-likeness (QED) is 0.00879. The van der Waals surface area contributed by atoms with E-state index in [2.05, 4.69) is 6.58 Å². The summed E-state index contributed by atoms with van der Waals surface area (Å²) in [5.74, 6) is -7.62. The van der Waals surface area contributed by atoms with Gasteiger partial charge in [0.25, 0.3) is 0 Å². The minimum absolute atomic E-state index is 0.0825. The van der Waals surface area contributed by atoms with E-state index >= 15 is 0 Å². The van der Waals surface area contributed by atoms with Gasteiger partial charge in [0.1, 0.15) is 75.9 Å². The highest BCUT2D eigenvalue weighted by molar-refractivity contribution is 6.32. The Morgan fingerprint density at radius 1 is 0.302 bits per heavy atom. The zero-order chi connectivity index (χ0) is 70.1. The van der Waals surface area contributed by atoms with Gasteiger partial charge in [-0.15, -0.1) is 0 Å². The maximum Gasteiger partial charge on any atom is 0.417 e. The minimum atomic E-state index is -1.26. The molecule has 0 spiro atoms. The van der Waals surface area contributed by atoms with Gasteiger partial charge in [-0.2, -0.15) is 0 Å². The second-order valence-electron chi connectivity index (χ2n) is 23.4. The van der Waals surface area contributed by atoms with Crippen molar-refractivity contribution in [3.8, 4) is 23.0 Å². The van der Waals surface area contributed by atoms with Crippen LogP contribution in [-0.4, -0.2) is 131 Å². The largest absolute Gasteiger partial charge is 0.489 e. The summed E-state index contributed by atoms with van der Waals surface area (Å²) in [5, 5.41) is 0. The number of Topliss-reactive ketones (excluding diaryl/α,β-unsaturated/α-hetero) is 5. The lowest BCUT2D eigenvalue weighted by molar-refractivity contribution is -0.167. The average molecular weight is 1330 g/mol. The summed E-state index contributed by atoms with van der Waals surface area (Å²) in [4.78, 5) is 147. The van der Waals surface area contributed by atoms with Gasteiger partial charge in [-0.05, 0) is 139 Å². The molecule has 4 aromatic rings. The van der Waals surface area contributed by atoms with Crippen LogP contribution in [0.25, 0.3) is 0 Å². The zero-order valence-corrected chi connectivity index (χ0v) is 57.1. The lowest BCUT2D eigenvalue weighted by Gasteiger charge is -2.25. The van der Waals surface area contributed by atoms with Crippen LogP contribution in [0.4, 0.5) is 0 Å². The molecule has 21 heteroatoms. The number of carbonyl (C=O) groups is 11. The van der Waals surface area contributed by atoms with E-state index in [0.29, 0.717) is 75.8 Å². The second-order valence-corrected chi connectivity index (χ2v) is 23.4. The molecule has 0 saturated carbocycles. The Bertz CT molecular complexity index is 3110. The lowest BCUT2D eigenvalue weighted by Crippen LogP contribution is -2.23. The van der Waals surface area contributed by atoms with Gasteiger partial charge in [-0.1, -0.05) is 85.6 Å². The maximum atomic E-state index is 14.8. The first-order valence-electron chi connectivity index (χ1n) is 33.6. The summed E-state index contributed by atoms with van der Waals surface area (Å²) < 4.78 is 58.2. The Morgan fingerprint density at radius 2 is 0.521 bits per heavy atom. The Balaban J connectivity index is 2.03. The molecule has 0 fully saturated rings. The summed E-state index contributed by atoms with van der Waals surface area (Å²) in [6, 6.07) is 13.5. The fourth-order valence-corrected chi connectivity index (χ4v) is 10.8. The molecule has 0 atom stereocenters. The summed E-state index contributed by atoms with van der Waals surface area (Å²) >= 11 is 0. The monoisotopic (exact) mass is 1330 g/mol. The first kappa shape index (κ1) is 77.7.